The average Bonchev–Trinajstić information content (AvgIpc) is 2.49. The zero-order valence-corrected chi connectivity index (χ0v) is 16.0. The summed E-state index contributed by atoms with van der Waals surface area (Å²) >= 11 is 0. The van der Waals surface area contributed by atoms with Crippen molar-refractivity contribution in [1.82, 2.24) is 5.32 Å². The van der Waals surface area contributed by atoms with Gasteiger partial charge in [0.25, 0.3) is 5.91 Å². The van der Waals surface area contributed by atoms with Gasteiger partial charge in [0.05, 0.1) is 23.5 Å². The molecule has 0 unspecified atom stereocenters. The first-order chi connectivity index (χ1) is 11.6. The van der Waals surface area contributed by atoms with E-state index in [0.29, 0.717) is 5.56 Å². The van der Waals surface area contributed by atoms with E-state index in [4.69, 9.17) is 0 Å². The molecule has 2 aromatic rings. The lowest BCUT2D eigenvalue weighted by Crippen LogP contribution is -2.28. The molecule has 1 atom stereocenters. The van der Waals surface area contributed by atoms with E-state index >= 15 is 0 Å². The third-order valence-corrected chi connectivity index (χ3v) is 4.75. The standard InChI is InChI=1S/C19H24N2O3S/c1-12-10-14(3)17(11-13(12)2)15(4)20-19(22)16-8-6-7-9-18(16)21-25(5,23)24/h6-11,15,21H,1-5H3,(H,20,22)/t15-/m0/s1. The number of carbonyl (C=O) groups excluding carboxylic acids is 1. The van der Waals surface area contributed by atoms with E-state index in [0.717, 1.165) is 17.4 Å². The fourth-order valence-corrected chi connectivity index (χ4v) is 3.35. The Morgan fingerprint density at radius 3 is 2.24 bits per heavy atom. The van der Waals surface area contributed by atoms with Crippen LogP contribution in [0.1, 0.15) is 45.6 Å². The van der Waals surface area contributed by atoms with Crippen LogP contribution < -0.4 is 10.0 Å². The molecule has 1 amide bonds. The third kappa shape index (κ3) is 4.82. The third-order valence-electron chi connectivity index (χ3n) is 4.16. The second kappa shape index (κ2) is 7.27. The second-order valence-corrected chi connectivity index (χ2v) is 8.16. The van der Waals surface area contributed by atoms with E-state index in [9.17, 15) is 13.2 Å². The lowest BCUT2D eigenvalue weighted by molar-refractivity contribution is 0.0940. The maximum atomic E-state index is 12.7. The van der Waals surface area contributed by atoms with Gasteiger partial charge < -0.3 is 5.32 Å². The summed E-state index contributed by atoms with van der Waals surface area (Å²) < 4.78 is 25.4. The van der Waals surface area contributed by atoms with Gasteiger partial charge in [0.15, 0.2) is 0 Å². The number of hydrogen-bond acceptors (Lipinski definition) is 3. The molecule has 0 radical (unpaired) electrons. The number of sulfonamides is 1. The Hall–Kier alpha value is -2.34. The van der Waals surface area contributed by atoms with Gasteiger partial charge >= 0.3 is 0 Å². The minimum atomic E-state index is -3.46. The summed E-state index contributed by atoms with van der Waals surface area (Å²) in [5, 5.41) is 2.95. The topological polar surface area (TPSA) is 75.3 Å². The molecule has 2 aromatic carbocycles. The van der Waals surface area contributed by atoms with Crippen molar-refractivity contribution in [2.75, 3.05) is 11.0 Å². The zero-order valence-electron chi connectivity index (χ0n) is 15.2. The summed E-state index contributed by atoms with van der Waals surface area (Å²) in [6.45, 7) is 8.03. The largest absolute Gasteiger partial charge is 0.345 e. The molecule has 0 aromatic heterocycles. The van der Waals surface area contributed by atoms with E-state index in [1.165, 1.54) is 11.1 Å². The summed E-state index contributed by atoms with van der Waals surface area (Å²) in [6.07, 6.45) is 1.06. The van der Waals surface area contributed by atoms with Crippen LogP contribution in [0, 0.1) is 20.8 Å². The summed E-state index contributed by atoms with van der Waals surface area (Å²) in [6, 6.07) is 10.5. The van der Waals surface area contributed by atoms with Gasteiger partial charge in [0.2, 0.25) is 10.0 Å². The summed E-state index contributed by atoms with van der Waals surface area (Å²) in [4.78, 5) is 12.7. The number of anilines is 1. The van der Waals surface area contributed by atoms with Crippen LogP contribution in [-0.2, 0) is 10.0 Å². The van der Waals surface area contributed by atoms with Crippen LogP contribution in [0.3, 0.4) is 0 Å². The van der Waals surface area contributed by atoms with Gasteiger partial charge in [-0.15, -0.1) is 0 Å². The first-order valence-corrected chi connectivity index (χ1v) is 9.93. The average molecular weight is 360 g/mol. The molecule has 0 aliphatic rings. The van der Waals surface area contributed by atoms with Crippen LogP contribution in [-0.4, -0.2) is 20.6 Å². The number of benzene rings is 2. The van der Waals surface area contributed by atoms with Gasteiger partial charge in [-0.25, -0.2) is 8.42 Å². The van der Waals surface area contributed by atoms with Crippen molar-refractivity contribution in [3.63, 3.8) is 0 Å². The summed E-state index contributed by atoms with van der Waals surface area (Å²) in [5.41, 5.74) is 5.10. The minimum Gasteiger partial charge on any atom is -0.345 e. The van der Waals surface area contributed by atoms with Crippen LogP contribution in [0.25, 0.3) is 0 Å². The Morgan fingerprint density at radius 2 is 1.60 bits per heavy atom. The van der Waals surface area contributed by atoms with Gasteiger partial charge in [0, 0.05) is 0 Å². The number of hydrogen-bond donors (Lipinski definition) is 2. The Kier molecular flexibility index (Phi) is 5.52. The number of para-hydroxylation sites is 1. The SMILES string of the molecule is Cc1cc(C)c([C@H](C)NC(=O)c2ccccc2NS(C)(=O)=O)cc1C. The van der Waals surface area contributed by atoms with Crippen molar-refractivity contribution < 1.29 is 13.2 Å². The predicted molar refractivity (Wildman–Crippen MR) is 101 cm³/mol. The normalized spacial score (nSPS) is 12.5. The molecule has 6 heteroatoms. The first kappa shape index (κ1) is 19.0. The van der Waals surface area contributed by atoms with Crippen LogP contribution in [0.15, 0.2) is 36.4 Å². The Labute approximate surface area is 149 Å². The quantitative estimate of drug-likeness (QED) is 0.857. The number of rotatable bonds is 5. The van der Waals surface area contributed by atoms with Gasteiger partial charge in [0.1, 0.15) is 0 Å². The monoisotopic (exact) mass is 360 g/mol. The maximum Gasteiger partial charge on any atom is 0.253 e. The molecule has 2 rings (SSSR count). The van der Waals surface area contributed by atoms with E-state index in [1.54, 1.807) is 24.3 Å². The van der Waals surface area contributed by atoms with Crippen molar-refractivity contribution in [3.05, 3.63) is 64.2 Å². The molecular weight excluding hydrogens is 336 g/mol. The molecule has 0 aliphatic heterocycles. The summed E-state index contributed by atoms with van der Waals surface area (Å²) in [5.74, 6) is -0.322. The van der Waals surface area contributed by atoms with Crippen molar-refractivity contribution in [2.24, 2.45) is 0 Å². The van der Waals surface area contributed by atoms with Crippen LogP contribution in [0.5, 0.6) is 0 Å². The lowest BCUT2D eigenvalue weighted by atomic mass is 9.96. The highest BCUT2D eigenvalue weighted by Gasteiger charge is 2.17. The number of nitrogens with one attached hydrogen (secondary N) is 2. The fourth-order valence-electron chi connectivity index (χ4n) is 2.77. The first-order valence-electron chi connectivity index (χ1n) is 8.04. The van der Waals surface area contributed by atoms with Crippen molar-refractivity contribution in [3.8, 4) is 0 Å². The molecule has 5 nitrogen and oxygen atoms in total. The van der Waals surface area contributed by atoms with Gasteiger partial charge in [-0.3, -0.25) is 9.52 Å². The highest BCUT2D eigenvalue weighted by Crippen LogP contribution is 2.23. The predicted octanol–water partition coefficient (Wildman–Crippen LogP) is 3.47. The molecule has 134 valence electrons. The molecule has 0 spiro atoms. The van der Waals surface area contributed by atoms with Crippen LogP contribution in [0.2, 0.25) is 0 Å². The summed E-state index contributed by atoms with van der Waals surface area (Å²) in [7, 11) is -3.46. The fraction of sp³-hybridized carbons (Fsp3) is 0.316. The van der Waals surface area contributed by atoms with Crippen molar-refractivity contribution in [2.45, 2.75) is 33.7 Å². The van der Waals surface area contributed by atoms with E-state index < -0.39 is 10.0 Å². The molecule has 0 saturated heterocycles. The number of carbonyl (C=O) groups is 1. The highest BCUT2D eigenvalue weighted by atomic mass is 32.2. The maximum absolute atomic E-state index is 12.7. The van der Waals surface area contributed by atoms with Crippen LogP contribution in [0.4, 0.5) is 5.69 Å². The molecule has 0 bridgehead atoms. The highest BCUT2D eigenvalue weighted by molar-refractivity contribution is 7.92. The molecule has 25 heavy (non-hydrogen) atoms. The molecule has 2 N–H and O–H groups in total. The molecule has 0 aliphatic carbocycles. The smallest absolute Gasteiger partial charge is 0.253 e. The van der Waals surface area contributed by atoms with E-state index in [-0.39, 0.29) is 17.6 Å². The van der Waals surface area contributed by atoms with Gasteiger partial charge in [-0.05, 0) is 62.1 Å². The van der Waals surface area contributed by atoms with Gasteiger partial charge in [-0.2, -0.15) is 0 Å². The van der Waals surface area contributed by atoms with Gasteiger partial charge in [-0.1, -0.05) is 24.3 Å². The molecule has 0 fully saturated rings. The lowest BCUT2D eigenvalue weighted by Gasteiger charge is -2.19. The molecule has 0 heterocycles. The Bertz CT molecular complexity index is 905. The van der Waals surface area contributed by atoms with E-state index in [2.05, 4.69) is 29.1 Å². The van der Waals surface area contributed by atoms with E-state index in [1.807, 2.05) is 20.8 Å². The molecule has 0 saturated carbocycles. The second-order valence-electron chi connectivity index (χ2n) is 6.41. The number of amides is 1. The number of aryl methyl sites for hydroxylation is 3. The van der Waals surface area contributed by atoms with Crippen LogP contribution >= 0.6 is 0 Å². The zero-order chi connectivity index (χ0) is 18.8. The van der Waals surface area contributed by atoms with Crippen molar-refractivity contribution in [1.29, 1.82) is 0 Å². The Balaban J connectivity index is 2.27. The Morgan fingerprint density at radius 1 is 1.00 bits per heavy atom. The minimum absolute atomic E-state index is 0.196. The van der Waals surface area contributed by atoms with Crippen molar-refractivity contribution >= 4 is 21.6 Å². The molecular formula is C19H24N2O3S.